The molecule has 1 fully saturated rings. The van der Waals surface area contributed by atoms with Gasteiger partial charge in [0.15, 0.2) is 0 Å². The number of carbonyl (C=O) groups excluding carboxylic acids is 4. The highest BCUT2D eigenvalue weighted by molar-refractivity contribution is 8.18. The highest BCUT2D eigenvalue weighted by atomic mass is 35.5. The lowest BCUT2D eigenvalue weighted by molar-refractivity contribution is -0.127. The van der Waals surface area contributed by atoms with E-state index in [1.807, 2.05) is 0 Å². The summed E-state index contributed by atoms with van der Waals surface area (Å²) in [5.41, 5.74) is 1.04. The van der Waals surface area contributed by atoms with Crippen LogP contribution >= 0.6 is 23.4 Å². The van der Waals surface area contributed by atoms with E-state index >= 15 is 0 Å². The van der Waals surface area contributed by atoms with Crippen molar-refractivity contribution in [3.05, 3.63) is 63.5 Å². The van der Waals surface area contributed by atoms with Gasteiger partial charge in [0.1, 0.15) is 12.3 Å². The number of ether oxygens (including phenoxy) is 2. The number of amides is 3. The van der Waals surface area contributed by atoms with Crippen LogP contribution in [0.25, 0.3) is 6.08 Å². The van der Waals surface area contributed by atoms with E-state index in [1.54, 1.807) is 30.3 Å². The van der Waals surface area contributed by atoms with Crippen LogP contribution in [0.4, 0.5) is 10.5 Å². The van der Waals surface area contributed by atoms with Gasteiger partial charge in [-0.3, -0.25) is 19.3 Å². The zero-order chi connectivity index (χ0) is 22.5. The van der Waals surface area contributed by atoms with Crippen molar-refractivity contribution < 1.29 is 28.7 Å². The van der Waals surface area contributed by atoms with Crippen molar-refractivity contribution in [3.63, 3.8) is 0 Å². The van der Waals surface area contributed by atoms with Gasteiger partial charge in [-0.25, -0.2) is 4.79 Å². The van der Waals surface area contributed by atoms with Gasteiger partial charge >= 0.3 is 5.97 Å². The summed E-state index contributed by atoms with van der Waals surface area (Å²) < 4.78 is 9.78. The first kappa shape index (κ1) is 22.4. The number of hydrogen-bond donors (Lipinski definition) is 1. The standard InChI is InChI=1S/C21H17ClN2O6S/c1-29-14-5-3-4-12(8-14)9-17-19(26)24(21(28)31-17)11-18(25)23-13-6-7-16(22)15(10-13)20(27)30-2/h3-10H,11H2,1-2H3,(H,23,25)/b17-9+. The first-order valence-corrected chi connectivity index (χ1v) is 10.1. The normalized spacial score (nSPS) is 14.7. The van der Waals surface area contributed by atoms with E-state index in [0.717, 1.165) is 16.7 Å². The van der Waals surface area contributed by atoms with E-state index in [9.17, 15) is 19.2 Å². The molecule has 31 heavy (non-hydrogen) atoms. The van der Waals surface area contributed by atoms with E-state index in [-0.39, 0.29) is 21.2 Å². The Morgan fingerprint density at radius 3 is 2.65 bits per heavy atom. The average Bonchev–Trinajstić information content (AvgIpc) is 3.01. The predicted octanol–water partition coefficient (Wildman–Crippen LogP) is 3.81. The van der Waals surface area contributed by atoms with Crippen LogP contribution in [0.2, 0.25) is 5.02 Å². The second-order valence-electron chi connectivity index (χ2n) is 6.28. The number of hydrogen-bond acceptors (Lipinski definition) is 7. The Labute approximate surface area is 187 Å². The van der Waals surface area contributed by atoms with Gasteiger partial charge in [0, 0.05) is 5.69 Å². The van der Waals surface area contributed by atoms with Crippen LogP contribution < -0.4 is 10.1 Å². The van der Waals surface area contributed by atoms with Gasteiger partial charge in [-0.15, -0.1) is 0 Å². The minimum atomic E-state index is -0.658. The number of carbonyl (C=O) groups is 4. The molecule has 10 heteroatoms. The zero-order valence-electron chi connectivity index (χ0n) is 16.5. The van der Waals surface area contributed by atoms with Gasteiger partial charge in [-0.05, 0) is 53.7 Å². The van der Waals surface area contributed by atoms with Crippen molar-refractivity contribution in [3.8, 4) is 5.75 Å². The minimum absolute atomic E-state index is 0.0781. The summed E-state index contributed by atoms with van der Waals surface area (Å²) in [6.07, 6.45) is 1.56. The maximum absolute atomic E-state index is 12.6. The number of thioether (sulfide) groups is 1. The van der Waals surface area contributed by atoms with Crippen LogP contribution in [0.5, 0.6) is 5.75 Å². The van der Waals surface area contributed by atoms with Crippen molar-refractivity contribution in [2.45, 2.75) is 0 Å². The van der Waals surface area contributed by atoms with E-state index in [1.165, 1.54) is 32.4 Å². The zero-order valence-corrected chi connectivity index (χ0v) is 18.1. The summed E-state index contributed by atoms with van der Waals surface area (Å²) in [5.74, 6) is -1.22. The first-order valence-electron chi connectivity index (χ1n) is 8.89. The molecular weight excluding hydrogens is 444 g/mol. The molecule has 0 bridgehead atoms. The molecule has 1 aliphatic rings. The molecule has 0 spiro atoms. The molecule has 0 radical (unpaired) electrons. The molecule has 0 atom stereocenters. The quantitative estimate of drug-likeness (QED) is 0.516. The molecule has 3 amide bonds. The SMILES string of the molecule is COC(=O)c1cc(NC(=O)CN2C(=O)S/C(=C/c3cccc(OC)c3)C2=O)ccc1Cl. The van der Waals surface area contributed by atoms with Crippen LogP contribution in [-0.2, 0) is 14.3 Å². The molecule has 1 N–H and O–H groups in total. The summed E-state index contributed by atoms with van der Waals surface area (Å²) >= 11 is 6.70. The van der Waals surface area contributed by atoms with Gasteiger partial charge in [0.2, 0.25) is 5.91 Å². The Kier molecular flexibility index (Phi) is 6.98. The van der Waals surface area contributed by atoms with E-state index < -0.39 is 29.6 Å². The smallest absolute Gasteiger partial charge is 0.339 e. The molecule has 1 saturated heterocycles. The maximum atomic E-state index is 12.6. The molecule has 3 rings (SSSR count). The number of benzene rings is 2. The number of halogens is 1. The lowest BCUT2D eigenvalue weighted by Crippen LogP contribution is -2.36. The number of imide groups is 1. The third-order valence-corrected chi connectivity index (χ3v) is 5.46. The Bertz CT molecular complexity index is 1100. The summed E-state index contributed by atoms with van der Waals surface area (Å²) in [6, 6.07) is 11.3. The third kappa shape index (κ3) is 5.25. The molecule has 1 heterocycles. The van der Waals surface area contributed by atoms with Gasteiger partial charge in [0.25, 0.3) is 11.1 Å². The predicted molar refractivity (Wildman–Crippen MR) is 117 cm³/mol. The second kappa shape index (κ2) is 9.67. The fourth-order valence-corrected chi connectivity index (χ4v) is 3.77. The molecule has 8 nitrogen and oxygen atoms in total. The maximum Gasteiger partial charge on any atom is 0.339 e. The van der Waals surface area contributed by atoms with Crippen molar-refractivity contribution in [1.82, 2.24) is 4.90 Å². The van der Waals surface area contributed by atoms with Gasteiger partial charge in [0.05, 0.1) is 29.7 Å². The molecule has 2 aromatic carbocycles. The van der Waals surface area contributed by atoms with Crippen LogP contribution in [0.3, 0.4) is 0 Å². The second-order valence-corrected chi connectivity index (χ2v) is 7.68. The van der Waals surface area contributed by atoms with Crippen molar-refractivity contribution in [2.75, 3.05) is 26.1 Å². The first-order chi connectivity index (χ1) is 14.8. The van der Waals surface area contributed by atoms with Gasteiger partial charge in [-0.1, -0.05) is 23.7 Å². The summed E-state index contributed by atoms with van der Waals surface area (Å²) in [5, 5.41) is 2.15. The van der Waals surface area contributed by atoms with E-state index in [4.69, 9.17) is 16.3 Å². The largest absolute Gasteiger partial charge is 0.497 e. The fourth-order valence-electron chi connectivity index (χ4n) is 2.73. The Hall–Kier alpha value is -3.30. The summed E-state index contributed by atoms with van der Waals surface area (Å²) in [6.45, 7) is -0.476. The number of methoxy groups -OCH3 is 2. The highest BCUT2D eigenvalue weighted by Gasteiger charge is 2.36. The van der Waals surface area contributed by atoms with E-state index in [2.05, 4.69) is 10.1 Å². The van der Waals surface area contributed by atoms with Crippen molar-refractivity contribution in [2.24, 2.45) is 0 Å². The van der Waals surface area contributed by atoms with Gasteiger partial charge < -0.3 is 14.8 Å². The molecule has 0 unspecified atom stereocenters. The van der Waals surface area contributed by atoms with Crippen LogP contribution in [0, 0.1) is 0 Å². The monoisotopic (exact) mass is 460 g/mol. The van der Waals surface area contributed by atoms with Crippen molar-refractivity contribution in [1.29, 1.82) is 0 Å². The fraction of sp³-hybridized carbons (Fsp3) is 0.143. The number of rotatable bonds is 6. The Morgan fingerprint density at radius 2 is 1.94 bits per heavy atom. The molecule has 1 aliphatic heterocycles. The molecule has 160 valence electrons. The molecule has 0 saturated carbocycles. The summed E-state index contributed by atoms with van der Waals surface area (Å²) in [7, 11) is 2.74. The molecular formula is C21H17ClN2O6S. The molecule has 0 aliphatic carbocycles. The third-order valence-electron chi connectivity index (χ3n) is 4.22. The van der Waals surface area contributed by atoms with Crippen molar-refractivity contribution >= 4 is 58.1 Å². The topological polar surface area (TPSA) is 102 Å². The summed E-state index contributed by atoms with van der Waals surface area (Å²) in [4.78, 5) is 50.1. The molecule has 2 aromatic rings. The lowest BCUT2D eigenvalue weighted by Gasteiger charge is -2.13. The van der Waals surface area contributed by atoms with Crippen LogP contribution in [-0.4, -0.2) is 48.7 Å². The van der Waals surface area contributed by atoms with E-state index in [0.29, 0.717) is 11.3 Å². The number of nitrogens with one attached hydrogen (secondary N) is 1. The van der Waals surface area contributed by atoms with Crippen LogP contribution in [0.15, 0.2) is 47.4 Å². The number of nitrogens with zero attached hydrogens (tertiary/aromatic N) is 1. The minimum Gasteiger partial charge on any atom is -0.497 e. The van der Waals surface area contributed by atoms with Crippen LogP contribution in [0.1, 0.15) is 15.9 Å². The number of esters is 1. The Morgan fingerprint density at radius 1 is 1.16 bits per heavy atom. The molecule has 0 aromatic heterocycles. The average molecular weight is 461 g/mol. The highest BCUT2D eigenvalue weighted by Crippen LogP contribution is 2.32. The van der Waals surface area contributed by atoms with Gasteiger partial charge in [-0.2, -0.15) is 0 Å². The number of anilines is 1. The Balaban J connectivity index is 1.70. The lowest BCUT2D eigenvalue weighted by atomic mass is 10.2.